The van der Waals surface area contributed by atoms with Gasteiger partial charge in [-0.15, -0.1) is 23.7 Å². The van der Waals surface area contributed by atoms with E-state index in [1.807, 2.05) is 36.7 Å². The average molecular weight is 313 g/mol. The summed E-state index contributed by atoms with van der Waals surface area (Å²) in [5, 5.41) is 2.98. The lowest BCUT2D eigenvalue weighted by molar-refractivity contribution is 0.0743. The second-order valence-electron chi connectivity index (χ2n) is 5.68. The van der Waals surface area contributed by atoms with E-state index < -0.39 is 0 Å². The van der Waals surface area contributed by atoms with E-state index in [1.54, 1.807) is 16.2 Å². The van der Waals surface area contributed by atoms with Crippen molar-refractivity contribution in [3.05, 3.63) is 35.2 Å². The first-order valence-corrected chi connectivity index (χ1v) is 7.24. The average Bonchev–Trinajstić information content (AvgIpc) is 2.81. The topological polar surface area (TPSA) is 46.3 Å². The van der Waals surface area contributed by atoms with Crippen molar-refractivity contribution in [2.45, 2.75) is 13.8 Å². The van der Waals surface area contributed by atoms with Gasteiger partial charge in [0.1, 0.15) is 0 Å². The van der Waals surface area contributed by atoms with Crippen molar-refractivity contribution in [2.24, 2.45) is 11.1 Å². The largest absolute Gasteiger partial charge is 0.341 e. The maximum absolute atomic E-state index is 12.5. The van der Waals surface area contributed by atoms with Gasteiger partial charge in [0.2, 0.25) is 0 Å². The van der Waals surface area contributed by atoms with E-state index in [0.29, 0.717) is 13.1 Å². The smallest absolute Gasteiger partial charge is 0.255 e. The maximum atomic E-state index is 12.5. The fourth-order valence-corrected chi connectivity index (χ4v) is 3.06. The lowest BCUT2D eigenvalue weighted by atomic mass is 9.93. The molecule has 0 saturated heterocycles. The summed E-state index contributed by atoms with van der Waals surface area (Å²) in [4.78, 5) is 14.3. The van der Waals surface area contributed by atoms with Crippen molar-refractivity contribution in [1.82, 2.24) is 4.90 Å². The van der Waals surface area contributed by atoms with Gasteiger partial charge in [0.15, 0.2) is 0 Å². The Morgan fingerprint density at radius 2 is 2.00 bits per heavy atom. The van der Waals surface area contributed by atoms with Crippen LogP contribution in [0.4, 0.5) is 0 Å². The number of rotatable bonds is 4. The van der Waals surface area contributed by atoms with Gasteiger partial charge < -0.3 is 10.6 Å². The molecule has 0 aliphatic rings. The number of halogens is 1. The Labute approximate surface area is 130 Å². The third-order valence-corrected chi connectivity index (χ3v) is 4.24. The summed E-state index contributed by atoms with van der Waals surface area (Å²) >= 11 is 1.61. The lowest BCUT2D eigenvalue weighted by Crippen LogP contribution is -2.39. The van der Waals surface area contributed by atoms with Gasteiger partial charge >= 0.3 is 0 Å². The number of nitrogens with two attached hydrogens (primary N) is 1. The van der Waals surface area contributed by atoms with Gasteiger partial charge in [0.25, 0.3) is 5.91 Å². The number of amides is 1. The van der Waals surface area contributed by atoms with Crippen LogP contribution in [0.15, 0.2) is 29.6 Å². The predicted octanol–water partition coefficient (Wildman–Crippen LogP) is 3.38. The SMILES string of the molecule is CN(CC(C)(C)CN)C(=O)c1csc2ccccc12.Cl. The molecule has 0 aliphatic heterocycles. The zero-order chi connectivity index (χ0) is 14.0. The van der Waals surface area contributed by atoms with Gasteiger partial charge in [-0.2, -0.15) is 0 Å². The Hall–Kier alpha value is -1.10. The molecular weight excluding hydrogens is 292 g/mol. The number of hydrogen-bond donors (Lipinski definition) is 1. The number of carbonyl (C=O) groups excluding carboxylic acids is 1. The highest BCUT2D eigenvalue weighted by Crippen LogP contribution is 2.27. The third kappa shape index (κ3) is 3.51. The number of fused-ring (bicyclic) bond motifs is 1. The van der Waals surface area contributed by atoms with Crippen LogP contribution in [0.5, 0.6) is 0 Å². The van der Waals surface area contributed by atoms with Crippen molar-refractivity contribution in [2.75, 3.05) is 20.1 Å². The molecule has 2 rings (SSSR count). The Balaban J connectivity index is 0.00000200. The van der Waals surface area contributed by atoms with Crippen LogP contribution in [0.3, 0.4) is 0 Å². The summed E-state index contributed by atoms with van der Waals surface area (Å²) in [6.07, 6.45) is 0. The number of hydrogen-bond acceptors (Lipinski definition) is 3. The first-order valence-electron chi connectivity index (χ1n) is 6.36. The molecule has 1 aromatic heterocycles. The molecular formula is C15H21ClN2OS. The van der Waals surface area contributed by atoms with Crippen molar-refractivity contribution < 1.29 is 4.79 Å². The van der Waals surface area contributed by atoms with Crippen LogP contribution >= 0.6 is 23.7 Å². The van der Waals surface area contributed by atoms with Gasteiger partial charge in [-0.05, 0) is 18.0 Å². The summed E-state index contributed by atoms with van der Waals surface area (Å²) in [7, 11) is 1.84. The summed E-state index contributed by atoms with van der Waals surface area (Å²) in [6, 6.07) is 8.01. The van der Waals surface area contributed by atoms with Crippen LogP contribution in [0.1, 0.15) is 24.2 Å². The van der Waals surface area contributed by atoms with E-state index >= 15 is 0 Å². The zero-order valence-corrected chi connectivity index (χ0v) is 13.7. The minimum Gasteiger partial charge on any atom is -0.341 e. The highest BCUT2D eigenvalue weighted by Gasteiger charge is 2.23. The van der Waals surface area contributed by atoms with E-state index in [-0.39, 0.29) is 23.7 Å². The van der Waals surface area contributed by atoms with Crippen LogP contribution in [-0.4, -0.2) is 30.9 Å². The number of thiophene rings is 1. The molecule has 0 unspecified atom stereocenters. The maximum Gasteiger partial charge on any atom is 0.255 e. The van der Waals surface area contributed by atoms with Crippen molar-refractivity contribution in [3.63, 3.8) is 0 Å². The van der Waals surface area contributed by atoms with Crippen LogP contribution in [0.2, 0.25) is 0 Å². The number of carbonyl (C=O) groups is 1. The summed E-state index contributed by atoms with van der Waals surface area (Å²) in [5.41, 5.74) is 6.46. The summed E-state index contributed by atoms with van der Waals surface area (Å²) < 4.78 is 1.15. The highest BCUT2D eigenvalue weighted by molar-refractivity contribution is 7.17. The predicted molar refractivity (Wildman–Crippen MR) is 88.9 cm³/mol. The molecule has 0 bridgehead atoms. The molecule has 20 heavy (non-hydrogen) atoms. The molecule has 1 aromatic carbocycles. The third-order valence-electron chi connectivity index (χ3n) is 3.28. The Kier molecular flexibility index (Phi) is 5.57. The molecule has 0 fully saturated rings. The van der Waals surface area contributed by atoms with Gasteiger partial charge in [-0.1, -0.05) is 32.0 Å². The van der Waals surface area contributed by atoms with Crippen LogP contribution in [0.25, 0.3) is 10.1 Å². The van der Waals surface area contributed by atoms with Crippen molar-refractivity contribution in [3.8, 4) is 0 Å². The van der Waals surface area contributed by atoms with Gasteiger partial charge in [0, 0.05) is 29.1 Å². The fourth-order valence-electron chi connectivity index (χ4n) is 2.13. The van der Waals surface area contributed by atoms with Crippen molar-refractivity contribution >= 4 is 39.7 Å². The number of benzene rings is 1. The summed E-state index contributed by atoms with van der Waals surface area (Å²) in [5.74, 6) is 0.0685. The van der Waals surface area contributed by atoms with Crippen LogP contribution < -0.4 is 5.73 Å². The first-order chi connectivity index (χ1) is 8.94. The molecule has 0 radical (unpaired) electrons. The molecule has 5 heteroatoms. The van der Waals surface area contributed by atoms with Gasteiger partial charge in [-0.3, -0.25) is 4.79 Å². The molecule has 2 aromatic rings. The Morgan fingerprint density at radius 3 is 2.65 bits per heavy atom. The zero-order valence-electron chi connectivity index (χ0n) is 12.1. The van der Waals surface area contributed by atoms with E-state index in [2.05, 4.69) is 13.8 Å². The van der Waals surface area contributed by atoms with Crippen molar-refractivity contribution in [1.29, 1.82) is 0 Å². The fraction of sp³-hybridized carbons (Fsp3) is 0.400. The molecule has 0 saturated carbocycles. The van der Waals surface area contributed by atoms with Gasteiger partial charge in [0.05, 0.1) is 5.56 Å². The molecule has 0 aliphatic carbocycles. The second-order valence-corrected chi connectivity index (χ2v) is 6.59. The first kappa shape index (κ1) is 17.0. The minimum atomic E-state index is -0.0593. The lowest BCUT2D eigenvalue weighted by Gasteiger charge is -2.29. The van der Waals surface area contributed by atoms with E-state index in [1.165, 1.54) is 0 Å². The van der Waals surface area contributed by atoms with Gasteiger partial charge in [-0.25, -0.2) is 0 Å². The minimum absolute atomic E-state index is 0. The Morgan fingerprint density at radius 1 is 1.35 bits per heavy atom. The standard InChI is InChI=1S/C15H20N2OS.ClH/c1-15(2,9-16)10-17(3)14(18)12-8-19-13-7-5-4-6-11(12)13;/h4-8H,9-10,16H2,1-3H3;1H. The highest BCUT2D eigenvalue weighted by atomic mass is 35.5. The molecule has 0 atom stereocenters. The molecule has 1 amide bonds. The molecule has 2 N–H and O–H groups in total. The molecule has 3 nitrogen and oxygen atoms in total. The molecule has 110 valence electrons. The number of nitrogens with zero attached hydrogens (tertiary/aromatic N) is 1. The summed E-state index contributed by atoms with van der Waals surface area (Å²) in [6.45, 7) is 5.37. The second kappa shape index (κ2) is 6.57. The van der Waals surface area contributed by atoms with E-state index in [9.17, 15) is 4.79 Å². The molecule has 0 spiro atoms. The van der Waals surface area contributed by atoms with Crippen LogP contribution in [-0.2, 0) is 0 Å². The van der Waals surface area contributed by atoms with E-state index in [4.69, 9.17) is 5.73 Å². The molecule has 1 heterocycles. The van der Waals surface area contributed by atoms with E-state index in [0.717, 1.165) is 15.6 Å². The Bertz CT molecular complexity index is 594. The normalized spacial score (nSPS) is 11.2. The quantitative estimate of drug-likeness (QED) is 0.940. The van der Waals surface area contributed by atoms with Crippen LogP contribution in [0, 0.1) is 5.41 Å². The monoisotopic (exact) mass is 312 g/mol.